The van der Waals surface area contributed by atoms with Crippen molar-refractivity contribution in [3.8, 4) is 0 Å². The van der Waals surface area contributed by atoms with Gasteiger partial charge in [0.05, 0.1) is 28.8 Å². The first kappa shape index (κ1) is 21.0. The molecule has 3 rings (SSSR count). The molecule has 1 heterocycles. The Morgan fingerprint density at radius 2 is 1.80 bits per heavy atom. The predicted octanol–water partition coefficient (Wildman–Crippen LogP) is 4.19. The second kappa shape index (κ2) is 9.18. The number of amides is 1. The third kappa shape index (κ3) is 5.64. The summed E-state index contributed by atoms with van der Waals surface area (Å²) in [5, 5.41) is 28.3. The molecule has 0 saturated carbocycles. The van der Waals surface area contributed by atoms with Crippen LogP contribution in [0.25, 0.3) is 0 Å². The van der Waals surface area contributed by atoms with Gasteiger partial charge in [-0.3, -0.25) is 14.9 Å². The fourth-order valence-electron chi connectivity index (χ4n) is 2.57. The van der Waals surface area contributed by atoms with Crippen LogP contribution < -0.4 is 5.32 Å². The Hall–Kier alpha value is -3.73. The van der Waals surface area contributed by atoms with E-state index >= 15 is 0 Å². The standard InChI is InChI=1S/C19H17N5O5S/c1-13-2-4-16(5-3-13)30-17-11-14(10-15(12-17)23(26)27)20-19(25)7-9-22-8-6-18(21-22)24(28)29/h2-6,8,10-12H,7,9H2,1H3,(H,20,25). The van der Waals surface area contributed by atoms with Crippen molar-refractivity contribution in [3.05, 3.63) is 80.5 Å². The molecule has 0 radical (unpaired) electrons. The van der Waals surface area contributed by atoms with Crippen LogP contribution in [0.1, 0.15) is 12.0 Å². The van der Waals surface area contributed by atoms with Gasteiger partial charge in [-0.2, -0.15) is 4.68 Å². The first-order valence-corrected chi connectivity index (χ1v) is 9.63. The summed E-state index contributed by atoms with van der Waals surface area (Å²) >= 11 is 1.35. The molecule has 3 aromatic rings. The van der Waals surface area contributed by atoms with Crippen LogP contribution >= 0.6 is 11.8 Å². The van der Waals surface area contributed by atoms with Crippen molar-refractivity contribution < 1.29 is 14.6 Å². The third-order valence-corrected chi connectivity index (χ3v) is 5.00. The minimum absolute atomic E-state index is 0.00195. The highest BCUT2D eigenvalue weighted by Gasteiger charge is 2.14. The zero-order chi connectivity index (χ0) is 21.7. The number of benzene rings is 2. The molecule has 11 heteroatoms. The summed E-state index contributed by atoms with van der Waals surface area (Å²) in [6.45, 7) is 2.11. The smallest absolute Gasteiger partial charge is 0.358 e. The van der Waals surface area contributed by atoms with Gasteiger partial charge in [-0.05, 0) is 30.0 Å². The van der Waals surface area contributed by atoms with Crippen molar-refractivity contribution in [1.82, 2.24) is 9.78 Å². The maximum absolute atomic E-state index is 12.3. The number of aromatic nitrogens is 2. The van der Waals surface area contributed by atoms with Crippen molar-refractivity contribution in [2.24, 2.45) is 0 Å². The number of nitrogens with zero attached hydrogens (tertiary/aromatic N) is 4. The Balaban J connectivity index is 1.69. The lowest BCUT2D eigenvalue weighted by Crippen LogP contribution is -2.15. The number of carbonyl (C=O) groups is 1. The molecule has 0 aliphatic rings. The average molecular weight is 427 g/mol. The van der Waals surface area contributed by atoms with Gasteiger partial charge in [-0.15, -0.1) is 0 Å². The number of hydrogen-bond acceptors (Lipinski definition) is 7. The number of rotatable bonds is 8. The molecule has 1 aromatic heterocycles. The van der Waals surface area contributed by atoms with Gasteiger partial charge in [0.2, 0.25) is 5.91 Å². The first-order chi connectivity index (χ1) is 14.3. The van der Waals surface area contributed by atoms with Crippen molar-refractivity contribution in [1.29, 1.82) is 0 Å². The number of nitro benzene ring substituents is 1. The quantitative estimate of drug-likeness (QED) is 0.421. The van der Waals surface area contributed by atoms with Crippen molar-refractivity contribution in [2.75, 3.05) is 5.32 Å². The second-order valence-electron chi connectivity index (χ2n) is 6.38. The summed E-state index contributed by atoms with van der Waals surface area (Å²) in [6.07, 6.45) is 1.41. The van der Waals surface area contributed by atoms with Crippen molar-refractivity contribution in [2.45, 2.75) is 29.7 Å². The molecule has 154 valence electrons. The van der Waals surface area contributed by atoms with Gasteiger partial charge in [0.1, 0.15) is 0 Å². The van der Waals surface area contributed by atoms with E-state index in [9.17, 15) is 25.0 Å². The lowest BCUT2D eigenvalue weighted by molar-refractivity contribution is -0.389. The van der Waals surface area contributed by atoms with Crippen LogP contribution in [0, 0.1) is 27.2 Å². The van der Waals surface area contributed by atoms with Crippen LogP contribution in [-0.4, -0.2) is 25.5 Å². The molecule has 10 nitrogen and oxygen atoms in total. The topological polar surface area (TPSA) is 133 Å². The van der Waals surface area contributed by atoms with Gasteiger partial charge in [0, 0.05) is 34.0 Å². The van der Waals surface area contributed by atoms with E-state index in [-0.39, 0.29) is 30.4 Å². The van der Waals surface area contributed by atoms with Gasteiger partial charge < -0.3 is 15.4 Å². The zero-order valence-corrected chi connectivity index (χ0v) is 16.7. The van der Waals surface area contributed by atoms with E-state index < -0.39 is 9.85 Å². The number of nitrogens with one attached hydrogen (secondary N) is 1. The van der Waals surface area contributed by atoms with E-state index in [1.807, 2.05) is 31.2 Å². The maximum atomic E-state index is 12.3. The Morgan fingerprint density at radius 1 is 1.07 bits per heavy atom. The Morgan fingerprint density at radius 3 is 2.43 bits per heavy atom. The highest BCUT2D eigenvalue weighted by Crippen LogP contribution is 2.33. The lowest BCUT2D eigenvalue weighted by atomic mass is 10.2. The van der Waals surface area contributed by atoms with E-state index in [1.54, 1.807) is 6.07 Å². The van der Waals surface area contributed by atoms with E-state index in [4.69, 9.17) is 0 Å². The molecule has 0 bridgehead atoms. The number of carbonyl (C=O) groups excluding carboxylic acids is 1. The summed E-state index contributed by atoms with van der Waals surface area (Å²) in [6, 6.07) is 13.4. The molecule has 1 N–H and O–H groups in total. The zero-order valence-electron chi connectivity index (χ0n) is 15.8. The molecule has 0 unspecified atom stereocenters. The van der Waals surface area contributed by atoms with E-state index in [1.165, 1.54) is 40.8 Å². The summed E-state index contributed by atoms with van der Waals surface area (Å²) in [5.41, 5.74) is 1.27. The Bertz CT molecular complexity index is 1100. The normalized spacial score (nSPS) is 10.6. The monoisotopic (exact) mass is 427 g/mol. The molecular formula is C19H17N5O5S. The molecule has 0 saturated heterocycles. The lowest BCUT2D eigenvalue weighted by Gasteiger charge is -2.08. The number of hydrogen-bond donors (Lipinski definition) is 1. The molecule has 0 atom stereocenters. The molecule has 0 aliphatic heterocycles. The van der Waals surface area contributed by atoms with Crippen LogP contribution in [0.5, 0.6) is 0 Å². The third-order valence-electron chi connectivity index (χ3n) is 4.02. The maximum Gasteiger partial charge on any atom is 0.389 e. The van der Waals surface area contributed by atoms with Crippen molar-refractivity contribution in [3.63, 3.8) is 0 Å². The molecule has 1 amide bonds. The van der Waals surface area contributed by atoms with E-state index in [0.29, 0.717) is 10.6 Å². The number of nitro groups is 2. The summed E-state index contributed by atoms with van der Waals surface area (Å²) in [4.78, 5) is 34.6. The Kier molecular flexibility index (Phi) is 6.42. The Labute approximate surface area is 175 Å². The molecule has 30 heavy (non-hydrogen) atoms. The van der Waals surface area contributed by atoms with Gasteiger partial charge in [0.25, 0.3) is 5.69 Å². The molecule has 0 aliphatic carbocycles. The summed E-state index contributed by atoms with van der Waals surface area (Å²) in [7, 11) is 0. The molecule has 0 fully saturated rings. The summed E-state index contributed by atoms with van der Waals surface area (Å²) < 4.78 is 1.30. The number of aryl methyl sites for hydroxylation is 2. The fraction of sp³-hybridized carbons (Fsp3) is 0.158. The van der Waals surface area contributed by atoms with E-state index in [2.05, 4.69) is 10.4 Å². The average Bonchev–Trinajstić information content (AvgIpc) is 3.17. The highest BCUT2D eigenvalue weighted by molar-refractivity contribution is 7.99. The molecular weight excluding hydrogens is 410 g/mol. The van der Waals surface area contributed by atoms with Gasteiger partial charge >= 0.3 is 5.82 Å². The van der Waals surface area contributed by atoms with Crippen LogP contribution in [0.15, 0.2) is 64.5 Å². The summed E-state index contributed by atoms with van der Waals surface area (Å²) in [5.74, 6) is -0.688. The van der Waals surface area contributed by atoms with Crippen LogP contribution in [0.2, 0.25) is 0 Å². The molecule has 2 aromatic carbocycles. The minimum atomic E-state index is -0.618. The minimum Gasteiger partial charge on any atom is -0.358 e. The van der Waals surface area contributed by atoms with Crippen LogP contribution in [0.4, 0.5) is 17.2 Å². The fourth-order valence-corrected chi connectivity index (χ4v) is 3.48. The van der Waals surface area contributed by atoms with Crippen molar-refractivity contribution >= 4 is 34.9 Å². The first-order valence-electron chi connectivity index (χ1n) is 8.82. The van der Waals surface area contributed by atoms with Crippen LogP contribution in [0.3, 0.4) is 0 Å². The highest BCUT2D eigenvalue weighted by atomic mass is 32.2. The predicted molar refractivity (Wildman–Crippen MR) is 111 cm³/mol. The van der Waals surface area contributed by atoms with E-state index in [0.717, 1.165) is 10.5 Å². The number of anilines is 1. The number of non-ortho nitro benzene ring substituents is 1. The second-order valence-corrected chi connectivity index (χ2v) is 7.53. The van der Waals surface area contributed by atoms with Gasteiger partial charge in [-0.1, -0.05) is 29.5 Å². The van der Waals surface area contributed by atoms with Gasteiger partial charge in [0.15, 0.2) is 0 Å². The van der Waals surface area contributed by atoms with Gasteiger partial charge in [-0.25, -0.2) is 0 Å². The van der Waals surface area contributed by atoms with Crippen LogP contribution in [-0.2, 0) is 11.3 Å². The SMILES string of the molecule is Cc1ccc(Sc2cc(NC(=O)CCn3ccc([N+](=O)[O-])n3)cc([N+](=O)[O-])c2)cc1. The molecule has 0 spiro atoms. The largest absolute Gasteiger partial charge is 0.389 e.